The lowest BCUT2D eigenvalue weighted by molar-refractivity contribution is -0.112. The van der Waals surface area contributed by atoms with Crippen molar-refractivity contribution in [3.63, 3.8) is 0 Å². The highest BCUT2D eigenvalue weighted by Gasteiger charge is 2.14. The molecule has 0 unspecified atom stereocenters. The van der Waals surface area contributed by atoms with E-state index >= 15 is 0 Å². The van der Waals surface area contributed by atoms with Crippen LogP contribution >= 0.6 is 0 Å². The fourth-order valence-corrected chi connectivity index (χ4v) is 1.49. The van der Waals surface area contributed by atoms with E-state index in [1.807, 2.05) is 12.1 Å². The van der Waals surface area contributed by atoms with Gasteiger partial charge in [0, 0.05) is 10.3 Å². The highest BCUT2D eigenvalue weighted by atomic mass is 16.4. The zero-order valence-electron chi connectivity index (χ0n) is 9.06. The number of para-hydroxylation sites is 1. The number of carbonyl (C=O) groups excluding carboxylic acids is 1. The molecule has 88 valence electrons. The predicted molar refractivity (Wildman–Crippen MR) is 64.2 cm³/mol. The predicted octanol–water partition coefficient (Wildman–Crippen LogP) is 2.25. The lowest BCUT2D eigenvalue weighted by atomic mass is 10.1. The second-order valence-electron chi connectivity index (χ2n) is 3.33. The van der Waals surface area contributed by atoms with Gasteiger partial charge >= 0.3 is 0 Å². The first-order valence-electron chi connectivity index (χ1n) is 4.94. The molecular weight excluding hydrogens is 234 g/mol. The van der Waals surface area contributed by atoms with Crippen LogP contribution in [0.25, 0.3) is 21.3 Å². The summed E-state index contributed by atoms with van der Waals surface area (Å²) in [5, 5.41) is 15.4. The molecule has 1 aromatic carbocycles. The molecule has 1 amide bonds. The lowest BCUT2D eigenvalue weighted by Gasteiger charge is -2.01. The molecule has 0 fully saturated rings. The average Bonchev–Trinajstić information content (AvgIpc) is 2.40. The molecular formula is C11H7N5O2. The summed E-state index contributed by atoms with van der Waals surface area (Å²) in [4.78, 5) is 17.9. The van der Waals surface area contributed by atoms with Crippen molar-refractivity contribution in [3.8, 4) is 0 Å². The average molecular weight is 241 g/mol. The number of carbonyl (C=O) groups is 1. The number of hydrogen-bond acceptors (Lipinski definition) is 4. The first kappa shape index (κ1) is 11.6. The lowest BCUT2D eigenvalue weighted by Crippen LogP contribution is -2.14. The molecule has 0 aliphatic carbocycles. The minimum Gasteiger partial charge on any atom is -0.410 e. The Morgan fingerprint density at radius 2 is 2.06 bits per heavy atom. The Bertz CT molecular complexity index is 689. The first-order chi connectivity index (χ1) is 8.76. The topological polar surface area (TPSA) is 111 Å². The minimum atomic E-state index is -0.984. The standard InChI is InChI=1S/C11H7N5O2/c12-16-14-11(17)10(15-18)9-6-5-7-3-1-2-4-8(7)13-9/h1-6,18H/b15-10+. The van der Waals surface area contributed by atoms with Gasteiger partial charge in [0.25, 0.3) is 5.91 Å². The molecule has 2 aromatic rings. The Balaban J connectivity index is 2.53. The van der Waals surface area contributed by atoms with Gasteiger partial charge < -0.3 is 5.21 Å². The normalized spacial score (nSPS) is 11.0. The maximum absolute atomic E-state index is 11.4. The molecule has 18 heavy (non-hydrogen) atoms. The summed E-state index contributed by atoms with van der Waals surface area (Å²) in [5.74, 6) is -0.984. The van der Waals surface area contributed by atoms with Gasteiger partial charge in [-0.3, -0.25) is 4.79 Å². The van der Waals surface area contributed by atoms with E-state index in [-0.39, 0.29) is 5.69 Å². The number of benzene rings is 1. The van der Waals surface area contributed by atoms with Gasteiger partial charge in [-0.2, -0.15) is 0 Å². The van der Waals surface area contributed by atoms with Crippen molar-refractivity contribution in [1.82, 2.24) is 4.98 Å². The molecule has 1 N–H and O–H groups in total. The zero-order chi connectivity index (χ0) is 13.0. The maximum Gasteiger partial charge on any atom is 0.273 e. The quantitative estimate of drug-likeness (QED) is 0.217. The summed E-state index contributed by atoms with van der Waals surface area (Å²) in [6.45, 7) is 0. The van der Waals surface area contributed by atoms with Crippen molar-refractivity contribution in [2.24, 2.45) is 10.3 Å². The van der Waals surface area contributed by atoms with E-state index < -0.39 is 11.6 Å². The number of oxime groups is 1. The second-order valence-corrected chi connectivity index (χ2v) is 3.33. The number of pyridine rings is 1. The Hall–Kier alpha value is -2.92. The molecule has 0 saturated heterocycles. The third-order valence-corrected chi connectivity index (χ3v) is 2.28. The van der Waals surface area contributed by atoms with Gasteiger partial charge in [-0.05, 0) is 22.8 Å². The molecule has 2 rings (SSSR count). The molecule has 0 aliphatic rings. The van der Waals surface area contributed by atoms with Gasteiger partial charge in [-0.1, -0.05) is 29.4 Å². The van der Waals surface area contributed by atoms with Gasteiger partial charge in [0.05, 0.1) is 11.2 Å². The molecule has 0 bridgehead atoms. The van der Waals surface area contributed by atoms with Crippen LogP contribution in [0, 0.1) is 0 Å². The zero-order valence-corrected chi connectivity index (χ0v) is 9.06. The number of fused-ring (bicyclic) bond motifs is 1. The molecule has 7 heteroatoms. The van der Waals surface area contributed by atoms with Crippen molar-refractivity contribution in [3.05, 3.63) is 52.5 Å². The molecule has 1 aromatic heterocycles. The maximum atomic E-state index is 11.4. The van der Waals surface area contributed by atoms with Crippen molar-refractivity contribution >= 4 is 22.5 Å². The van der Waals surface area contributed by atoms with E-state index in [2.05, 4.69) is 20.2 Å². The van der Waals surface area contributed by atoms with Crippen LogP contribution in [0.15, 0.2) is 46.7 Å². The molecule has 0 aliphatic heterocycles. The minimum absolute atomic E-state index is 0.147. The van der Waals surface area contributed by atoms with Crippen molar-refractivity contribution in [2.75, 3.05) is 0 Å². The molecule has 7 nitrogen and oxygen atoms in total. The SMILES string of the molecule is [N-]=[N+]=NC(=O)/C(=N/O)c1ccc2ccccc2n1. The van der Waals surface area contributed by atoms with Crippen LogP contribution < -0.4 is 0 Å². The summed E-state index contributed by atoms with van der Waals surface area (Å²) in [5.41, 5.74) is 8.58. The Kier molecular flexibility index (Phi) is 3.17. The Morgan fingerprint density at radius 3 is 2.78 bits per heavy atom. The number of azide groups is 1. The molecule has 1 heterocycles. The number of amides is 1. The number of rotatable bonds is 2. The van der Waals surface area contributed by atoms with E-state index in [9.17, 15) is 4.79 Å². The van der Waals surface area contributed by atoms with Crippen molar-refractivity contribution < 1.29 is 10.0 Å². The molecule has 0 radical (unpaired) electrons. The fourth-order valence-electron chi connectivity index (χ4n) is 1.49. The summed E-state index contributed by atoms with van der Waals surface area (Å²) in [6, 6.07) is 10.5. The monoisotopic (exact) mass is 241 g/mol. The van der Waals surface area contributed by atoms with Crippen molar-refractivity contribution in [1.29, 1.82) is 0 Å². The van der Waals surface area contributed by atoms with Crippen molar-refractivity contribution in [2.45, 2.75) is 0 Å². The third kappa shape index (κ3) is 2.11. The van der Waals surface area contributed by atoms with Crippen LogP contribution in [-0.2, 0) is 4.79 Å². The van der Waals surface area contributed by atoms with E-state index in [4.69, 9.17) is 10.7 Å². The smallest absolute Gasteiger partial charge is 0.273 e. The number of aromatic nitrogens is 1. The summed E-state index contributed by atoms with van der Waals surface area (Å²) >= 11 is 0. The molecule has 0 saturated carbocycles. The van der Waals surface area contributed by atoms with Crippen LogP contribution in [0.1, 0.15) is 5.69 Å². The van der Waals surface area contributed by atoms with Gasteiger partial charge in [-0.25, -0.2) is 4.98 Å². The van der Waals surface area contributed by atoms with Gasteiger partial charge in [-0.15, -0.1) is 0 Å². The van der Waals surface area contributed by atoms with E-state index in [0.717, 1.165) is 5.39 Å². The summed E-state index contributed by atoms with van der Waals surface area (Å²) in [6.07, 6.45) is 0. The number of nitrogens with zero attached hydrogens (tertiary/aromatic N) is 5. The molecule has 0 atom stereocenters. The second kappa shape index (κ2) is 4.94. The first-order valence-corrected chi connectivity index (χ1v) is 4.94. The Labute approximate surface area is 101 Å². The summed E-state index contributed by atoms with van der Waals surface area (Å²) < 4.78 is 0. The van der Waals surface area contributed by atoms with Crippen LogP contribution in [0.4, 0.5) is 0 Å². The Morgan fingerprint density at radius 1 is 1.28 bits per heavy atom. The van der Waals surface area contributed by atoms with Crippen LogP contribution in [-0.4, -0.2) is 21.8 Å². The van der Waals surface area contributed by atoms with Gasteiger partial charge in [0.15, 0.2) is 5.71 Å². The van der Waals surface area contributed by atoms with Crippen LogP contribution in [0.5, 0.6) is 0 Å². The van der Waals surface area contributed by atoms with Gasteiger partial charge in [0.2, 0.25) is 0 Å². The highest BCUT2D eigenvalue weighted by molar-refractivity contribution is 6.45. The number of hydrogen-bond donors (Lipinski definition) is 1. The third-order valence-electron chi connectivity index (χ3n) is 2.28. The van der Waals surface area contributed by atoms with E-state index in [1.165, 1.54) is 6.07 Å². The summed E-state index contributed by atoms with van der Waals surface area (Å²) in [7, 11) is 0. The highest BCUT2D eigenvalue weighted by Crippen LogP contribution is 2.12. The van der Waals surface area contributed by atoms with E-state index in [0.29, 0.717) is 5.52 Å². The van der Waals surface area contributed by atoms with Gasteiger partial charge in [0.1, 0.15) is 0 Å². The van der Waals surface area contributed by atoms with Crippen LogP contribution in [0.2, 0.25) is 0 Å². The largest absolute Gasteiger partial charge is 0.410 e. The fraction of sp³-hybridized carbons (Fsp3) is 0. The van der Waals surface area contributed by atoms with E-state index in [1.54, 1.807) is 18.2 Å². The van der Waals surface area contributed by atoms with Crippen LogP contribution in [0.3, 0.4) is 0 Å². The molecule has 0 spiro atoms.